The third-order valence-corrected chi connectivity index (χ3v) is 3.97. The molecule has 0 bridgehead atoms. The SMILES string of the molecule is O=[N+]([O-])c1c(NC2CCCOC2)ccc2scnc12. The molecule has 0 amide bonds. The number of ether oxygens (including phenoxy) is 1. The number of nitrogens with zero attached hydrogens (tertiary/aromatic N) is 2. The number of aromatic nitrogens is 1. The number of nitro groups is 1. The summed E-state index contributed by atoms with van der Waals surface area (Å²) in [6.45, 7) is 1.36. The molecule has 2 heterocycles. The van der Waals surface area contributed by atoms with Crippen LogP contribution in [0.1, 0.15) is 12.8 Å². The Kier molecular flexibility index (Phi) is 3.31. The standard InChI is InChI=1S/C12H13N3O3S/c16-15(17)12-9(14-8-2-1-5-18-6-8)3-4-10-11(12)13-7-19-10/h3-4,7-8,14H,1-2,5-6H2. The lowest BCUT2D eigenvalue weighted by Crippen LogP contribution is -2.30. The number of anilines is 1. The molecule has 3 rings (SSSR count). The van der Waals surface area contributed by atoms with Crippen molar-refractivity contribution in [1.29, 1.82) is 0 Å². The van der Waals surface area contributed by atoms with Crippen LogP contribution in [-0.4, -0.2) is 29.2 Å². The Morgan fingerprint density at radius 2 is 2.42 bits per heavy atom. The lowest BCUT2D eigenvalue weighted by Gasteiger charge is -2.23. The highest BCUT2D eigenvalue weighted by Gasteiger charge is 2.23. The van der Waals surface area contributed by atoms with Crippen molar-refractivity contribution in [3.05, 3.63) is 27.8 Å². The third kappa shape index (κ3) is 2.39. The van der Waals surface area contributed by atoms with Gasteiger partial charge in [-0.05, 0) is 25.0 Å². The summed E-state index contributed by atoms with van der Waals surface area (Å²) in [4.78, 5) is 15.0. The van der Waals surface area contributed by atoms with Gasteiger partial charge in [0.2, 0.25) is 0 Å². The summed E-state index contributed by atoms with van der Waals surface area (Å²) in [7, 11) is 0. The molecule has 0 radical (unpaired) electrons. The first kappa shape index (κ1) is 12.3. The van der Waals surface area contributed by atoms with Crippen LogP contribution >= 0.6 is 11.3 Å². The Bertz CT molecular complexity index is 607. The molecular formula is C12H13N3O3S. The first-order valence-electron chi connectivity index (χ1n) is 6.10. The van der Waals surface area contributed by atoms with Crippen molar-refractivity contribution < 1.29 is 9.66 Å². The normalized spacial score (nSPS) is 19.5. The predicted octanol–water partition coefficient (Wildman–Crippen LogP) is 2.80. The maximum absolute atomic E-state index is 11.3. The number of thiazole rings is 1. The molecule has 1 fully saturated rings. The van der Waals surface area contributed by atoms with Gasteiger partial charge in [0, 0.05) is 12.6 Å². The van der Waals surface area contributed by atoms with Gasteiger partial charge >= 0.3 is 5.69 Å². The van der Waals surface area contributed by atoms with Crippen LogP contribution in [0.2, 0.25) is 0 Å². The van der Waals surface area contributed by atoms with Gasteiger partial charge in [0.25, 0.3) is 0 Å². The second-order valence-corrected chi connectivity index (χ2v) is 5.36. The molecule has 1 N–H and O–H groups in total. The van der Waals surface area contributed by atoms with Crippen LogP contribution in [-0.2, 0) is 4.74 Å². The molecule has 0 spiro atoms. The molecule has 1 unspecified atom stereocenters. The Labute approximate surface area is 113 Å². The van der Waals surface area contributed by atoms with Crippen LogP contribution in [0, 0.1) is 10.1 Å². The van der Waals surface area contributed by atoms with Crippen molar-refractivity contribution in [1.82, 2.24) is 4.98 Å². The molecule has 1 aromatic heterocycles. The minimum atomic E-state index is -0.367. The predicted molar refractivity (Wildman–Crippen MR) is 73.7 cm³/mol. The summed E-state index contributed by atoms with van der Waals surface area (Å²) >= 11 is 1.41. The van der Waals surface area contributed by atoms with Crippen molar-refractivity contribution in [2.45, 2.75) is 18.9 Å². The van der Waals surface area contributed by atoms with Gasteiger partial charge in [0.15, 0.2) is 5.52 Å². The van der Waals surface area contributed by atoms with E-state index in [9.17, 15) is 10.1 Å². The number of hydrogen-bond donors (Lipinski definition) is 1. The summed E-state index contributed by atoms with van der Waals surface area (Å²) in [6.07, 6.45) is 1.94. The van der Waals surface area contributed by atoms with Gasteiger partial charge in [0.1, 0.15) is 5.69 Å². The third-order valence-electron chi connectivity index (χ3n) is 3.18. The Balaban J connectivity index is 1.97. The second-order valence-electron chi connectivity index (χ2n) is 4.48. The lowest BCUT2D eigenvalue weighted by molar-refractivity contribution is -0.382. The highest BCUT2D eigenvalue weighted by atomic mass is 32.1. The van der Waals surface area contributed by atoms with Crippen molar-refractivity contribution >= 4 is 32.9 Å². The maximum atomic E-state index is 11.3. The largest absolute Gasteiger partial charge is 0.379 e. The van der Waals surface area contributed by atoms with Gasteiger partial charge < -0.3 is 10.1 Å². The van der Waals surface area contributed by atoms with E-state index in [0.29, 0.717) is 17.8 Å². The van der Waals surface area contributed by atoms with Gasteiger partial charge in [-0.1, -0.05) is 0 Å². The van der Waals surface area contributed by atoms with Crippen molar-refractivity contribution in [2.75, 3.05) is 18.5 Å². The van der Waals surface area contributed by atoms with Crippen LogP contribution in [0.4, 0.5) is 11.4 Å². The van der Waals surface area contributed by atoms with Gasteiger partial charge in [-0.15, -0.1) is 11.3 Å². The summed E-state index contributed by atoms with van der Waals surface area (Å²) in [5.74, 6) is 0. The Morgan fingerprint density at radius 1 is 1.53 bits per heavy atom. The molecule has 1 atom stereocenters. The first-order valence-corrected chi connectivity index (χ1v) is 6.98. The van der Waals surface area contributed by atoms with E-state index in [4.69, 9.17) is 4.74 Å². The lowest BCUT2D eigenvalue weighted by atomic mass is 10.1. The fraction of sp³-hybridized carbons (Fsp3) is 0.417. The van der Waals surface area contributed by atoms with E-state index in [1.54, 1.807) is 11.6 Å². The number of rotatable bonds is 3. The van der Waals surface area contributed by atoms with Crippen molar-refractivity contribution in [3.8, 4) is 0 Å². The van der Waals surface area contributed by atoms with E-state index < -0.39 is 0 Å². The molecule has 0 aliphatic carbocycles. The van der Waals surface area contributed by atoms with Gasteiger partial charge in [0.05, 0.1) is 21.7 Å². The highest BCUT2D eigenvalue weighted by molar-refractivity contribution is 7.16. The van der Waals surface area contributed by atoms with E-state index in [0.717, 1.165) is 24.1 Å². The minimum Gasteiger partial charge on any atom is -0.379 e. The van der Waals surface area contributed by atoms with Gasteiger partial charge in [-0.2, -0.15) is 0 Å². The zero-order valence-electron chi connectivity index (χ0n) is 10.2. The maximum Gasteiger partial charge on any atom is 0.319 e. The van der Waals surface area contributed by atoms with Crippen LogP contribution in [0.5, 0.6) is 0 Å². The van der Waals surface area contributed by atoms with Crippen molar-refractivity contribution in [2.24, 2.45) is 0 Å². The molecule has 2 aromatic rings. The molecular weight excluding hydrogens is 266 g/mol. The summed E-state index contributed by atoms with van der Waals surface area (Å²) in [5, 5.41) is 14.5. The number of nitrogens with one attached hydrogen (secondary N) is 1. The van der Waals surface area contributed by atoms with E-state index >= 15 is 0 Å². The monoisotopic (exact) mass is 279 g/mol. The molecule has 100 valence electrons. The van der Waals surface area contributed by atoms with E-state index in [1.165, 1.54) is 11.3 Å². The van der Waals surface area contributed by atoms with Crippen LogP contribution in [0.3, 0.4) is 0 Å². The van der Waals surface area contributed by atoms with Crippen LogP contribution in [0.25, 0.3) is 10.2 Å². The number of hydrogen-bond acceptors (Lipinski definition) is 6. The Morgan fingerprint density at radius 3 is 3.16 bits per heavy atom. The van der Waals surface area contributed by atoms with Crippen molar-refractivity contribution in [3.63, 3.8) is 0 Å². The molecule has 1 aromatic carbocycles. The molecule has 1 aliphatic rings. The molecule has 1 saturated heterocycles. The molecule has 19 heavy (non-hydrogen) atoms. The number of fused-ring (bicyclic) bond motifs is 1. The number of nitro benzene ring substituents is 1. The van der Waals surface area contributed by atoms with Gasteiger partial charge in [-0.25, -0.2) is 4.98 Å². The van der Waals surface area contributed by atoms with Crippen LogP contribution < -0.4 is 5.32 Å². The quantitative estimate of drug-likeness (QED) is 0.690. The molecule has 6 nitrogen and oxygen atoms in total. The van der Waals surface area contributed by atoms with E-state index in [1.807, 2.05) is 6.07 Å². The van der Waals surface area contributed by atoms with Gasteiger partial charge in [-0.3, -0.25) is 10.1 Å². The van der Waals surface area contributed by atoms with E-state index in [-0.39, 0.29) is 16.7 Å². The summed E-state index contributed by atoms with van der Waals surface area (Å²) in [6, 6.07) is 3.75. The molecule has 7 heteroatoms. The molecule has 0 saturated carbocycles. The highest BCUT2D eigenvalue weighted by Crippen LogP contribution is 2.35. The minimum absolute atomic E-state index is 0.0596. The number of benzene rings is 1. The molecule has 1 aliphatic heterocycles. The zero-order chi connectivity index (χ0) is 13.2. The smallest absolute Gasteiger partial charge is 0.319 e. The summed E-state index contributed by atoms with van der Waals surface area (Å²) < 4.78 is 6.21. The second kappa shape index (κ2) is 5.10. The first-order chi connectivity index (χ1) is 9.25. The van der Waals surface area contributed by atoms with Crippen LogP contribution in [0.15, 0.2) is 17.6 Å². The zero-order valence-corrected chi connectivity index (χ0v) is 11.0. The topological polar surface area (TPSA) is 77.3 Å². The summed E-state index contributed by atoms with van der Waals surface area (Å²) in [5.41, 5.74) is 2.67. The van der Waals surface area contributed by atoms with E-state index in [2.05, 4.69) is 10.3 Å². The fourth-order valence-corrected chi connectivity index (χ4v) is 2.97. The average Bonchev–Trinajstić information content (AvgIpc) is 2.87. The average molecular weight is 279 g/mol. The fourth-order valence-electron chi connectivity index (χ4n) is 2.29. The Hall–Kier alpha value is -1.73.